The normalized spacial score (nSPS) is 10.7. The fourth-order valence-corrected chi connectivity index (χ4v) is 3.61. The Labute approximate surface area is 170 Å². The minimum Gasteiger partial charge on any atom is -0.493 e. The maximum absolute atomic E-state index is 12.3. The molecule has 0 aliphatic heterocycles. The van der Waals surface area contributed by atoms with E-state index in [-0.39, 0.29) is 11.7 Å². The van der Waals surface area contributed by atoms with Gasteiger partial charge in [-0.15, -0.1) is 11.3 Å². The van der Waals surface area contributed by atoms with Crippen molar-refractivity contribution in [2.45, 2.75) is 6.92 Å². The maximum Gasteiger partial charge on any atom is 0.292 e. The molecular formula is C20H18N4O4S. The number of carbonyl (C=O) groups is 1. The monoisotopic (exact) mass is 410 g/mol. The Balaban J connectivity index is 1.64. The quantitative estimate of drug-likeness (QED) is 0.513. The molecule has 3 aromatic heterocycles. The number of nitrogens with one attached hydrogen (secondary N) is 1. The van der Waals surface area contributed by atoms with Gasteiger partial charge in [0.15, 0.2) is 17.3 Å². The molecule has 0 fully saturated rings. The number of methoxy groups -OCH3 is 2. The van der Waals surface area contributed by atoms with E-state index in [2.05, 4.69) is 15.4 Å². The number of anilines is 1. The van der Waals surface area contributed by atoms with E-state index in [9.17, 15) is 4.79 Å². The van der Waals surface area contributed by atoms with Crippen molar-refractivity contribution in [3.8, 4) is 27.9 Å². The first-order valence-electron chi connectivity index (χ1n) is 8.69. The number of hydrogen-bond acceptors (Lipinski definition) is 7. The summed E-state index contributed by atoms with van der Waals surface area (Å²) in [6, 6.07) is 10.6. The molecule has 1 amide bonds. The summed E-state index contributed by atoms with van der Waals surface area (Å²) in [7, 11) is 3.19. The molecule has 9 heteroatoms. The van der Waals surface area contributed by atoms with Gasteiger partial charge in [0.1, 0.15) is 5.82 Å². The van der Waals surface area contributed by atoms with Crippen LogP contribution in [0.1, 0.15) is 16.2 Å². The number of furan rings is 1. The average molecular weight is 410 g/mol. The smallest absolute Gasteiger partial charge is 0.292 e. The number of hydrogen-bond donors (Lipinski definition) is 1. The molecule has 29 heavy (non-hydrogen) atoms. The van der Waals surface area contributed by atoms with E-state index in [1.165, 1.54) is 17.6 Å². The van der Waals surface area contributed by atoms with Gasteiger partial charge in [0.2, 0.25) is 5.13 Å². The number of aryl methyl sites for hydroxylation is 1. The molecular weight excluding hydrogens is 392 g/mol. The minimum atomic E-state index is -0.354. The zero-order valence-electron chi connectivity index (χ0n) is 16.0. The molecule has 0 atom stereocenters. The van der Waals surface area contributed by atoms with Crippen molar-refractivity contribution in [2.75, 3.05) is 19.5 Å². The van der Waals surface area contributed by atoms with Crippen LogP contribution in [0, 0.1) is 6.92 Å². The third-order valence-corrected chi connectivity index (χ3v) is 4.99. The highest BCUT2D eigenvalue weighted by atomic mass is 32.1. The van der Waals surface area contributed by atoms with Crippen molar-refractivity contribution in [1.29, 1.82) is 0 Å². The summed E-state index contributed by atoms with van der Waals surface area (Å²) >= 11 is 1.42. The van der Waals surface area contributed by atoms with Crippen LogP contribution in [-0.2, 0) is 0 Å². The second-order valence-corrected chi connectivity index (χ2v) is 6.94. The lowest BCUT2D eigenvalue weighted by atomic mass is 10.1. The van der Waals surface area contributed by atoms with E-state index in [1.807, 2.05) is 30.5 Å². The summed E-state index contributed by atoms with van der Waals surface area (Å²) < 4.78 is 17.4. The zero-order valence-corrected chi connectivity index (χ0v) is 16.8. The Hall–Kier alpha value is -3.59. The molecule has 148 valence electrons. The Kier molecular flexibility index (Phi) is 5.05. The lowest BCUT2D eigenvalue weighted by Crippen LogP contribution is -2.14. The zero-order chi connectivity index (χ0) is 20.4. The first kappa shape index (κ1) is 18.8. The van der Waals surface area contributed by atoms with Gasteiger partial charge in [-0.2, -0.15) is 9.78 Å². The van der Waals surface area contributed by atoms with Crippen LogP contribution in [0.5, 0.6) is 11.5 Å². The number of benzene rings is 1. The van der Waals surface area contributed by atoms with Gasteiger partial charge in [0.05, 0.1) is 31.9 Å². The van der Waals surface area contributed by atoms with Crippen LogP contribution >= 0.6 is 11.3 Å². The largest absolute Gasteiger partial charge is 0.493 e. The predicted molar refractivity (Wildman–Crippen MR) is 109 cm³/mol. The first-order valence-corrected chi connectivity index (χ1v) is 9.57. The van der Waals surface area contributed by atoms with E-state index in [0.717, 1.165) is 17.0 Å². The molecule has 1 aromatic carbocycles. The van der Waals surface area contributed by atoms with E-state index in [0.29, 0.717) is 22.4 Å². The van der Waals surface area contributed by atoms with Crippen molar-refractivity contribution in [3.05, 3.63) is 59.5 Å². The molecule has 0 aliphatic carbocycles. The third kappa shape index (κ3) is 3.72. The number of aromatic nitrogens is 3. The van der Waals surface area contributed by atoms with Crippen molar-refractivity contribution in [3.63, 3.8) is 0 Å². The average Bonchev–Trinajstić information content (AvgIpc) is 3.48. The third-order valence-electron chi connectivity index (χ3n) is 4.17. The maximum atomic E-state index is 12.3. The summed E-state index contributed by atoms with van der Waals surface area (Å²) in [5, 5.41) is 9.82. The van der Waals surface area contributed by atoms with Crippen molar-refractivity contribution in [1.82, 2.24) is 14.8 Å². The summed E-state index contributed by atoms with van der Waals surface area (Å²) in [4.78, 5) is 17.0. The fourth-order valence-electron chi connectivity index (χ4n) is 2.81. The Morgan fingerprint density at radius 2 is 2.00 bits per heavy atom. The molecule has 4 rings (SSSR count). The van der Waals surface area contributed by atoms with Crippen LogP contribution in [-0.4, -0.2) is 34.9 Å². The molecule has 0 saturated carbocycles. The predicted octanol–water partition coefficient (Wildman–Crippen LogP) is 4.17. The van der Waals surface area contributed by atoms with Crippen LogP contribution in [0.3, 0.4) is 0 Å². The Morgan fingerprint density at radius 3 is 2.72 bits per heavy atom. The summed E-state index contributed by atoms with van der Waals surface area (Å²) in [6.07, 6.45) is 1.45. The van der Waals surface area contributed by atoms with Gasteiger partial charge in [-0.25, -0.2) is 4.98 Å². The minimum absolute atomic E-state index is 0.223. The van der Waals surface area contributed by atoms with Crippen molar-refractivity contribution >= 4 is 23.1 Å². The number of nitrogens with zero attached hydrogens (tertiary/aromatic N) is 3. The molecule has 0 saturated heterocycles. The number of rotatable bonds is 6. The van der Waals surface area contributed by atoms with E-state index >= 15 is 0 Å². The van der Waals surface area contributed by atoms with Gasteiger partial charge < -0.3 is 19.2 Å². The van der Waals surface area contributed by atoms with Gasteiger partial charge in [-0.3, -0.25) is 4.79 Å². The van der Waals surface area contributed by atoms with E-state index < -0.39 is 0 Å². The number of amides is 1. The molecule has 0 radical (unpaired) electrons. The highest BCUT2D eigenvalue weighted by Crippen LogP contribution is 2.33. The molecule has 0 bridgehead atoms. The van der Waals surface area contributed by atoms with Gasteiger partial charge >= 0.3 is 0 Å². The van der Waals surface area contributed by atoms with Gasteiger partial charge in [0.25, 0.3) is 5.91 Å². The van der Waals surface area contributed by atoms with Crippen molar-refractivity contribution in [2.24, 2.45) is 0 Å². The van der Waals surface area contributed by atoms with Crippen LogP contribution in [0.15, 0.2) is 52.5 Å². The van der Waals surface area contributed by atoms with Gasteiger partial charge in [-0.1, -0.05) is 0 Å². The van der Waals surface area contributed by atoms with Crippen LogP contribution in [0.4, 0.5) is 5.82 Å². The van der Waals surface area contributed by atoms with Gasteiger partial charge in [-0.05, 0) is 37.3 Å². The molecule has 4 aromatic rings. The molecule has 1 N–H and O–H groups in total. The van der Waals surface area contributed by atoms with Gasteiger partial charge in [0, 0.05) is 17.0 Å². The van der Waals surface area contributed by atoms with Crippen LogP contribution < -0.4 is 14.8 Å². The SMILES string of the molecule is COc1ccc(-c2csc(-n3nc(C)cc3NC(=O)c3ccco3)n2)cc1OC. The molecule has 0 unspecified atom stereocenters. The molecule has 8 nitrogen and oxygen atoms in total. The molecule has 0 aliphatic rings. The number of carbonyl (C=O) groups excluding carboxylic acids is 1. The second-order valence-electron chi connectivity index (χ2n) is 6.10. The van der Waals surface area contributed by atoms with Crippen LogP contribution in [0.25, 0.3) is 16.4 Å². The molecule has 0 spiro atoms. The highest BCUT2D eigenvalue weighted by molar-refractivity contribution is 7.12. The van der Waals surface area contributed by atoms with E-state index in [1.54, 1.807) is 37.1 Å². The lowest BCUT2D eigenvalue weighted by Gasteiger charge is -2.08. The van der Waals surface area contributed by atoms with Crippen molar-refractivity contribution < 1.29 is 18.7 Å². The first-order chi connectivity index (χ1) is 14.1. The fraction of sp³-hybridized carbons (Fsp3) is 0.150. The Morgan fingerprint density at radius 1 is 1.17 bits per heavy atom. The van der Waals surface area contributed by atoms with Crippen LogP contribution in [0.2, 0.25) is 0 Å². The Bertz CT molecular complexity index is 1150. The number of thiazole rings is 1. The summed E-state index contributed by atoms with van der Waals surface area (Å²) in [6.45, 7) is 1.85. The molecule has 3 heterocycles. The topological polar surface area (TPSA) is 91.4 Å². The lowest BCUT2D eigenvalue weighted by molar-refractivity contribution is 0.0996. The number of ether oxygens (including phenoxy) is 2. The summed E-state index contributed by atoms with van der Waals surface area (Å²) in [5.41, 5.74) is 2.40. The highest BCUT2D eigenvalue weighted by Gasteiger charge is 2.17. The second kappa shape index (κ2) is 7.80. The standard InChI is InChI=1S/C20H18N4O4S/c1-12-9-18(22-19(25)16-5-4-8-28-16)24(23-12)20-21-14(11-29-20)13-6-7-15(26-2)17(10-13)27-3/h4-11H,1-3H3,(H,22,25). The van der Waals surface area contributed by atoms with E-state index in [4.69, 9.17) is 13.9 Å². The summed E-state index contributed by atoms with van der Waals surface area (Å²) in [5.74, 6) is 1.66.